The van der Waals surface area contributed by atoms with Gasteiger partial charge in [-0.25, -0.2) is 8.42 Å². The summed E-state index contributed by atoms with van der Waals surface area (Å²) in [6.07, 6.45) is 2.89. The van der Waals surface area contributed by atoms with Crippen LogP contribution in [0.15, 0.2) is 71.8 Å². The molecule has 0 aliphatic heterocycles. The molecule has 0 saturated carbocycles. The second kappa shape index (κ2) is 8.64. The van der Waals surface area contributed by atoms with Crippen molar-refractivity contribution in [3.63, 3.8) is 0 Å². The molecule has 164 valence electrons. The van der Waals surface area contributed by atoms with E-state index in [1.54, 1.807) is 53.3 Å². The van der Waals surface area contributed by atoms with Gasteiger partial charge in [0.05, 0.1) is 23.4 Å². The highest BCUT2D eigenvalue weighted by Gasteiger charge is 2.18. The van der Waals surface area contributed by atoms with E-state index >= 15 is 0 Å². The fraction of sp³-hybridized carbons (Fsp3) is 0.130. The number of carbonyl (C=O) groups excluding carboxylic acids is 1. The molecule has 0 saturated heterocycles. The monoisotopic (exact) mass is 468 g/mol. The number of aromatic nitrogens is 2. The first-order chi connectivity index (χ1) is 15.2. The molecule has 3 N–H and O–H groups in total. The molecule has 1 amide bonds. The lowest BCUT2D eigenvalue weighted by Gasteiger charge is -2.09. The molecule has 0 fully saturated rings. The Bertz CT molecular complexity index is 1410. The van der Waals surface area contributed by atoms with Crippen molar-refractivity contribution in [3.8, 4) is 0 Å². The summed E-state index contributed by atoms with van der Waals surface area (Å²) in [4.78, 5) is 12.7. The zero-order valence-electron chi connectivity index (χ0n) is 17.2. The van der Waals surface area contributed by atoms with Crippen LogP contribution in [0.1, 0.15) is 11.1 Å². The maximum absolute atomic E-state index is 12.5. The number of nitrogen functional groups attached to an aromatic ring is 1. The standard InChI is InChI=1S/C23H21ClN4O3S/c1-32(30,31)22-12-18(26-23(29)10-16-4-2-3-5-20(16)24)11-21-19(22)14-28(27-21)13-15-6-8-17(25)9-7-15/h2-9,11-12,14H,10,13,25H2,1H3,(H,26,29). The van der Waals surface area contributed by atoms with Gasteiger partial charge in [0.15, 0.2) is 9.84 Å². The number of hydrogen-bond acceptors (Lipinski definition) is 5. The third kappa shape index (κ3) is 4.92. The van der Waals surface area contributed by atoms with E-state index in [-0.39, 0.29) is 17.2 Å². The van der Waals surface area contributed by atoms with Crippen molar-refractivity contribution < 1.29 is 13.2 Å². The fourth-order valence-electron chi connectivity index (χ4n) is 3.43. The summed E-state index contributed by atoms with van der Waals surface area (Å²) in [6.45, 7) is 0.451. The molecule has 0 aliphatic carbocycles. The quantitative estimate of drug-likeness (QED) is 0.417. The Morgan fingerprint density at radius 1 is 1.12 bits per heavy atom. The number of anilines is 2. The second-order valence-corrected chi connectivity index (χ2v) is 9.96. The zero-order chi connectivity index (χ0) is 22.9. The number of rotatable bonds is 6. The van der Waals surface area contributed by atoms with Crippen LogP contribution in [0, 0.1) is 0 Å². The number of benzene rings is 3. The zero-order valence-corrected chi connectivity index (χ0v) is 18.8. The van der Waals surface area contributed by atoms with E-state index in [0.717, 1.165) is 11.8 Å². The number of nitrogens with zero attached hydrogens (tertiary/aromatic N) is 2. The summed E-state index contributed by atoms with van der Waals surface area (Å²) in [7, 11) is -3.56. The van der Waals surface area contributed by atoms with Crippen LogP contribution >= 0.6 is 11.6 Å². The molecule has 9 heteroatoms. The van der Waals surface area contributed by atoms with Crippen LogP contribution in [-0.2, 0) is 27.6 Å². The van der Waals surface area contributed by atoms with Crippen molar-refractivity contribution in [1.29, 1.82) is 0 Å². The first-order valence-electron chi connectivity index (χ1n) is 9.78. The number of nitrogens with one attached hydrogen (secondary N) is 1. The van der Waals surface area contributed by atoms with Crippen molar-refractivity contribution in [2.24, 2.45) is 0 Å². The third-order valence-corrected chi connectivity index (χ3v) is 6.46. The van der Waals surface area contributed by atoms with E-state index in [1.165, 1.54) is 6.07 Å². The summed E-state index contributed by atoms with van der Waals surface area (Å²) in [5, 5.41) is 8.27. The second-order valence-electron chi connectivity index (χ2n) is 7.56. The number of sulfone groups is 1. The number of halogens is 1. The maximum atomic E-state index is 12.5. The van der Waals surface area contributed by atoms with E-state index in [0.29, 0.717) is 39.4 Å². The van der Waals surface area contributed by atoms with Gasteiger partial charge in [0.1, 0.15) is 0 Å². The molecule has 7 nitrogen and oxygen atoms in total. The van der Waals surface area contributed by atoms with Crippen LogP contribution in [0.5, 0.6) is 0 Å². The average Bonchev–Trinajstić information content (AvgIpc) is 3.12. The number of carbonyl (C=O) groups is 1. The Morgan fingerprint density at radius 3 is 2.53 bits per heavy atom. The van der Waals surface area contributed by atoms with Crippen LogP contribution in [0.25, 0.3) is 10.9 Å². The van der Waals surface area contributed by atoms with Crippen LogP contribution in [0.2, 0.25) is 5.02 Å². The molecule has 1 heterocycles. The number of nitrogens with two attached hydrogens (primary N) is 1. The van der Waals surface area contributed by atoms with Crippen molar-refractivity contribution >= 4 is 49.6 Å². The van der Waals surface area contributed by atoms with Gasteiger partial charge in [-0.15, -0.1) is 0 Å². The fourth-order valence-corrected chi connectivity index (χ4v) is 4.53. The van der Waals surface area contributed by atoms with Gasteiger partial charge in [0, 0.05) is 34.2 Å². The van der Waals surface area contributed by atoms with Gasteiger partial charge in [-0.3, -0.25) is 9.48 Å². The first-order valence-corrected chi connectivity index (χ1v) is 12.0. The lowest BCUT2D eigenvalue weighted by Crippen LogP contribution is -2.15. The van der Waals surface area contributed by atoms with E-state index in [1.807, 2.05) is 12.1 Å². The summed E-state index contributed by atoms with van der Waals surface area (Å²) in [6, 6.07) is 17.6. The molecular weight excluding hydrogens is 448 g/mol. The third-order valence-electron chi connectivity index (χ3n) is 4.95. The minimum absolute atomic E-state index is 0.0670. The molecule has 1 aromatic heterocycles. The molecule has 0 aliphatic rings. The van der Waals surface area contributed by atoms with Crippen molar-refractivity contribution in [2.45, 2.75) is 17.9 Å². The average molecular weight is 469 g/mol. The van der Waals surface area contributed by atoms with E-state index in [4.69, 9.17) is 17.3 Å². The number of hydrogen-bond donors (Lipinski definition) is 2. The van der Waals surface area contributed by atoms with Crippen LogP contribution in [-0.4, -0.2) is 30.4 Å². The molecule has 32 heavy (non-hydrogen) atoms. The van der Waals surface area contributed by atoms with Crippen LogP contribution in [0.4, 0.5) is 11.4 Å². The van der Waals surface area contributed by atoms with Crippen LogP contribution in [0.3, 0.4) is 0 Å². The predicted octanol–water partition coefficient (Wildman–Crippen LogP) is 3.90. The lowest BCUT2D eigenvalue weighted by molar-refractivity contribution is -0.115. The lowest BCUT2D eigenvalue weighted by atomic mass is 10.1. The van der Waals surface area contributed by atoms with Gasteiger partial charge >= 0.3 is 0 Å². The van der Waals surface area contributed by atoms with E-state index in [9.17, 15) is 13.2 Å². The van der Waals surface area contributed by atoms with Gasteiger partial charge in [-0.2, -0.15) is 5.10 Å². The first kappa shape index (κ1) is 21.9. The van der Waals surface area contributed by atoms with Gasteiger partial charge < -0.3 is 11.1 Å². The van der Waals surface area contributed by atoms with Crippen molar-refractivity contribution in [2.75, 3.05) is 17.3 Å². The summed E-state index contributed by atoms with van der Waals surface area (Å²) in [5.41, 5.74) is 8.87. The highest BCUT2D eigenvalue weighted by Crippen LogP contribution is 2.28. The predicted molar refractivity (Wildman–Crippen MR) is 127 cm³/mol. The highest BCUT2D eigenvalue weighted by molar-refractivity contribution is 7.91. The number of amides is 1. The normalized spacial score (nSPS) is 11.6. The molecular formula is C23H21ClN4O3S. The molecule has 0 unspecified atom stereocenters. The molecule has 4 aromatic rings. The topological polar surface area (TPSA) is 107 Å². The van der Waals surface area contributed by atoms with E-state index < -0.39 is 9.84 Å². The number of fused-ring (bicyclic) bond motifs is 1. The largest absolute Gasteiger partial charge is 0.399 e. The minimum Gasteiger partial charge on any atom is -0.399 e. The maximum Gasteiger partial charge on any atom is 0.228 e. The highest BCUT2D eigenvalue weighted by atomic mass is 35.5. The molecule has 0 atom stereocenters. The Labute approximate surface area is 190 Å². The summed E-state index contributed by atoms with van der Waals surface area (Å²) in [5.74, 6) is -0.307. The summed E-state index contributed by atoms with van der Waals surface area (Å²) >= 11 is 6.13. The van der Waals surface area contributed by atoms with Gasteiger partial charge in [0.2, 0.25) is 5.91 Å². The Hall–Kier alpha value is -3.36. The van der Waals surface area contributed by atoms with Crippen LogP contribution < -0.4 is 11.1 Å². The van der Waals surface area contributed by atoms with Gasteiger partial charge in [-0.1, -0.05) is 41.9 Å². The van der Waals surface area contributed by atoms with E-state index in [2.05, 4.69) is 10.4 Å². The summed E-state index contributed by atoms with van der Waals surface area (Å²) < 4.78 is 26.6. The molecule has 3 aromatic carbocycles. The Morgan fingerprint density at radius 2 is 1.84 bits per heavy atom. The van der Waals surface area contributed by atoms with Crippen molar-refractivity contribution in [1.82, 2.24) is 9.78 Å². The van der Waals surface area contributed by atoms with Gasteiger partial charge in [0.25, 0.3) is 0 Å². The smallest absolute Gasteiger partial charge is 0.228 e. The Kier molecular flexibility index (Phi) is 5.90. The molecule has 4 rings (SSSR count). The Balaban J connectivity index is 1.65. The molecule has 0 radical (unpaired) electrons. The SMILES string of the molecule is CS(=O)(=O)c1cc(NC(=O)Cc2ccccc2Cl)cc2nn(Cc3ccc(N)cc3)cc12. The molecule has 0 bridgehead atoms. The van der Waals surface area contributed by atoms with Gasteiger partial charge in [-0.05, 0) is 41.5 Å². The minimum atomic E-state index is -3.56. The molecule has 0 spiro atoms. The van der Waals surface area contributed by atoms with Crippen molar-refractivity contribution in [3.05, 3.63) is 83.0 Å².